The second-order valence-electron chi connectivity index (χ2n) is 4.03. The van der Waals surface area contributed by atoms with E-state index < -0.39 is 0 Å². The minimum atomic E-state index is -0.151. The van der Waals surface area contributed by atoms with E-state index in [9.17, 15) is 4.79 Å². The zero-order valence-electron chi connectivity index (χ0n) is 10.9. The molecule has 0 aliphatic carbocycles. The van der Waals surface area contributed by atoms with Crippen LogP contribution in [0.5, 0.6) is 11.6 Å². The van der Waals surface area contributed by atoms with Crippen molar-refractivity contribution >= 4 is 5.78 Å². The quantitative estimate of drug-likeness (QED) is 0.773. The predicted octanol–water partition coefficient (Wildman–Crippen LogP) is 2.87. The highest BCUT2D eigenvalue weighted by Crippen LogP contribution is 2.21. The SMILES string of the molecule is COc1ccc(OCc2ccccc2)c(C(C)=O)n1. The highest BCUT2D eigenvalue weighted by Gasteiger charge is 2.12. The molecule has 2 aromatic rings. The Morgan fingerprint density at radius 3 is 2.53 bits per heavy atom. The van der Waals surface area contributed by atoms with Crippen molar-refractivity contribution in [2.45, 2.75) is 13.5 Å². The maximum atomic E-state index is 11.5. The Balaban J connectivity index is 2.18. The Hall–Kier alpha value is -2.36. The Morgan fingerprint density at radius 1 is 1.16 bits per heavy atom. The molecule has 4 heteroatoms. The van der Waals surface area contributed by atoms with E-state index in [1.807, 2.05) is 30.3 Å². The molecule has 0 unspecified atom stereocenters. The van der Waals surface area contributed by atoms with Crippen LogP contribution < -0.4 is 9.47 Å². The molecular weight excluding hydrogens is 242 g/mol. The molecule has 0 radical (unpaired) electrons. The summed E-state index contributed by atoms with van der Waals surface area (Å²) in [5.74, 6) is 0.719. The molecule has 0 N–H and O–H groups in total. The van der Waals surface area contributed by atoms with Gasteiger partial charge in [-0.2, -0.15) is 0 Å². The number of carbonyl (C=O) groups is 1. The molecule has 0 saturated heterocycles. The minimum Gasteiger partial charge on any atom is -0.486 e. The molecule has 4 nitrogen and oxygen atoms in total. The van der Waals surface area contributed by atoms with Crippen LogP contribution in [0.15, 0.2) is 42.5 Å². The monoisotopic (exact) mass is 257 g/mol. The molecule has 98 valence electrons. The molecule has 0 bridgehead atoms. The molecule has 19 heavy (non-hydrogen) atoms. The molecule has 0 spiro atoms. The summed E-state index contributed by atoms with van der Waals surface area (Å²) in [5.41, 5.74) is 1.32. The number of benzene rings is 1. The minimum absolute atomic E-state index is 0.151. The van der Waals surface area contributed by atoms with E-state index in [2.05, 4.69) is 4.98 Å². The number of aromatic nitrogens is 1. The number of carbonyl (C=O) groups excluding carboxylic acids is 1. The number of nitrogens with zero attached hydrogens (tertiary/aromatic N) is 1. The Morgan fingerprint density at radius 2 is 1.89 bits per heavy atom. The van der Waals surface area contributed by atoms with Crippen molar-refractivity contribution in [1.82, 2.24) is 4.98 Å². The van der Waals surface area contributed by atoms with Gasteiger partial charge in [0.2, 0.25) is 5.88 Å². The van der Waals surface area contributed by atoms with Crippen LogP contribution in [-0.4, -0.2) is 17.9 Å². The van der Waals surface area contributed by atoms with Gasteiger partial charge in [-0.15, -0.1) is 0 Å². The van der Waals surface area contributed by atoms with Crippen molar-refractivity contribution < 1.29 is 14.3 Å². The van der Waals surface area contributed by atoms with E-state index in [0.717, 1.165) is 5.56 Å². The topological polar surface area (TPSA) is 48.4 Å². The molecular formula is C15H15NO3. The van der Waals surface area contributed by atoms with Gasteiger partial charge in [0, 0.05) is 13.0 Å². The van der Waals surface area contributed by atoms with Gasteiger partial charge in [0.25, 0.3) is 0 Å². The van der Waals surface area contributed by atoms with Crippen LogP contribution in [0.3, 0.4) is 0 Å². The molecule has 0 aliphatic heterocycles. The zero-order valence-corrected chi connectivity index (χ0v) is 10.9. The first-order chi connectivity index (χ1) is 9.20. The van der Waals surface area contributed by atoms with Gasteiger partial charge in [-0.1, -0.05) is 30.3 Å². The fraction of sp³-hybridized carbons (Fsp3) is 0.200. The Bertz CT molecular complexity index is 567. The third-order valence-electron chi connectivity index (χ3n) is 2.61. The molecule has 1 aromatic heterocycles. The van der Waals surface area contributed by atoms with Crippen molar-refractivity contribution in [3.8, 4) is 11.6 Å². The van der Waals surface area contributed by atoms with Crippen molar-refractivity contribution in [2.75, 3.05) is 7.11 Å². The first-order valence-corrected chi connectivity index (χ1v) is 5.93. The summed E-state index contributed by atoms with van der Waals surface area (Å²) in [4.78, 5) is 15.7. The molecule has 0 amide bonds. The van der Waals surface area contributed by atoms with E-state index in [0.29, 0.717) is 18.2 Å². The van der Waals surface area contributed by atoms with Crippen molar-refractivity contribution in [2.24, 2.45) is 0 Å². The number of pyridine rings is 1. The third kappa shape index (κ3) is 3.31. The molecule has 1 heterocycles. The predicted molar refractivity (Wildman–Crippen MR) is 71.6 cm³/mol. The van der Waals surface area contributed by atoms with Crippen molar-refractivity contribution in [1.29, 1.82) is 0 Å². The van der Waals surface area contributed by atoms with Crippen LogP contribution in [0.2, 0.25) is 0 Å². The van der Waals surface area contributed by atoms with Gasteiger partial charge in [0.05, 0.1) is 7.11 Å². The fourth-order valence-electron chi connectivity index (χ4n) is 1.65. The average Bonchev–Trinajstić information content (AvgIpc) is 2.46. The lowest BCUT2D eigenvalue weighted by atomic mass is 10.2. The van der Waals surface area contributed by atoms with Crippen LogP contribution in [0.25, 0.3) is 0 Å². The van der Waals surface area contributed by atoms with Gasteiger partial charge in [-0.3, -0.25) is 4.79 Å². The van der Waals surface area contributed by atoms with Crippen LogP contribution in [0.4, 0.5) is 0 Å². The summed E-state index contributed by atoms with van der Waals surface area (Å²) in [6, 6.07) is 13.1. The third-order valence-corrected chi connectivity index (χ3v) is 2.61. The largest absolute Gasteiger partial charge is 0.486 e. The second-order valence-corrected chi connectivity index (χ2v) is 4.03. The summed E-state index contributed by atoms with van der Waals surface area (Å²) in [6.07, 6.45) is 0. The van der Waals surface area contributed by atoms with Crippen LogP contribution >= 0.6 is 0 Å². The van der Waals surface area contributed by atoms with Crippen LogP contribution in [-0.2, 0) is 6.61 Å². The first kappa shape index (κ1) is 13.1. The number of hydrogen-bond acceptors (Lipinski definition) is 4. The summed E-state index contributed by atoms with van der Waals surface area (Å²) in [6.45, 7) is 1.85. The standard InChI is InChI=1S/C15H15NO3/c1-11(17)15-13(8-9-14(16-15)18-2)19-10-12-6-4-3-5-7-12/h3-9H,10H2,1-2H3. The molecule has 0 aliphatic rings. The first-order valence-electron chi connectivity index (χ1n) is 5.93. The lowest BCUT2D eigenvalue weighted by Crippen LogP contribution is -2.05. The van der Waals surface area contributed by atoms with Gasteiger partial charge in [-0.25, -0.2) is 4.98 Å². The van der Waals surface area contributed by atoms with Crippen LogP contribution in [0.1, 0.15) is 23.0 Å². The second kappa shape index (κ2) is 6.00. The zero-order chi connectivity index (χ0) is 13.7. The normalized spacial score (nSPS) is 10.0. The molecule has 1 aromatic carbocycles. The van der Waals surface area contributed by atoms with Crippen LogP contribution in [0, 0.1) is 0 Å². The summed E-state index contributed by atoms with van der Waals surface area (Å²) < 4.78 is 10.6. The van der Waals surface area contributed by atoms with Gasteiger partial charge >= 0.3 is 0 Å². The van der Waals surface area contributed by atoms with Crippen molar-refractivity contribution in [3.63, 3.8) is 0 Å². The number of ether oxygens (including phenoxy) is 2. The summed E-state index contributed by atoms with van der Waals surface area (Å²) in [7, 11) is 1.51. The van der Waals surface area contributed by atoms with Gasteiger partial charge in [0.1, 0.15) is 12.4 Å². The molecule has 0 atom stereocenters. The summed E-state index contributed by atoms with van der Waals surface area (Å²) >= 11 is 0. The lowest BCUT2D eigenvalue weighted by molar-refractivity contribution is 0.100. The summed E-state index contributed by atoms with van der Waals surface area (Å²) in [5, 5.41) is 0. The van der Waals surface area contributed by atoms with E-state index in [4.69, 9.17) is 9.47 Å². The number of Topliss-reactive ketones (excluding diaryl/α,β-unsaturated/α-hetero) is 1. The Kier molecular flexibility index (Phi) is 4.13. The highest BCUT2D eigenvalue weighted by atomic mass is 16.5. The molecule has 2 rings (SSSR count). The number of methoxy groups -OCH3 is 1. The maximum absolute atomic E-state index is 11.5. The lowest BCUT2D eigenvalue weighted by Gasteiger charge is -2.10. The van der Waals surface area contributed by atoms with E-state index in [-0.39, 0.29) is 11.5 Å². The average molecular weight is 257 g/mol. The van der Waals surface area contributed by atoms with E-state index in [1.165, 1.54) is 14.0 Å². The van der Waals surface area contributed by atoms with Gasteiger partial charge in [0.15, 0.2) is 11.5 Å². The van der Waals surface area contributed by atoms with Crippen molar-refractivity contribution in [3.05, 3.63) is 53.7 Å². The number of ketones is 1. The molecule has 0 saturated carbocycles. The maximum Gasteiger partial charge on any atom is 0.213 e. The van der Waals surface area contributed by atoms with E-state index >= 15 is 0 Å². The Labute approximate surface area is 112 Å². The van der Waals surface area contributed by atoms with E-state index in [1.54, 1.807) is 12.1 Å². The highest BCUT2D eigenvalue weighted by molar-refractivity contribution is 5.94. The number of hydrogen-bond donors (Lipinski definition) is 0. The smallest absolute Gasteiger partial charge is 0.213 e. The fourth-order valence-corrected chi connectivity index (χ4v) is 1.65. The van der Waals surface area contributed by atoms with Gasteiger partial charge in [-0.05, 0) is 11.6 Å². The number of rotatable bonds is 5. The van der Waals surface area contributed by atoms with Gasteiger partial charge < -0.3 is 9.47 Å². The molecule has 0 fully saturated rings.